The largest absolute Gasteiger partial charge is 0.440 e. The number of aromatic nitrogens is 1. The van der Waals surface area contributed by atoms with Crippen molar-refractivity contribution in [3.8, 4) is 0 Å². The van der Waals surface area contributed by atoms with E-state index in [4.69, 9.17) is 4.42 Å². The molecule has 1 aliphatic rings. The van der Waals surface area contributed by atoms with Crippen LogP contribution in [0.2, 0.25) is 0 Å². The van der Waals surface area contributed by atoms with E-state index in [9.17, 15) is 0 Å². The molecule has 0 aromatic carbocycles. The van der Waals surface area contributed by atoms with Gasteiger partial charge in [0.15, 0.2) is 0 Å². The minimum Gasteiger partial charge on any atom is -0.440 e. The van der Waals surface area contributed by atoms with Crippen molar-refractivity contribution in [1.29, 1.82) is 0 Å². The molecular formula is C12H20N2OS. The molecule has 1 saturated carbocycles. The lowest BCUT2D eigenvalue weighted by Crippen LogP contribution is -2.37. The van der Waals surface area contributed by atoms with Crippen molar-refractivity contribution in [3.05, 3.63) is 12.5 Å². The first-order chi connectivity index (χ1) is 7.90. The molecule has 1 aromatic rings. The average molecular weight is 240 g/mol. The van der Waals surface area contributed by atoms with E-state index >= 15 is 0 Å². The minimum atomic E-state index is 0.612. The highest BCUT2D eigenvalue weighted by molar-refractivity contribution is 7.99. The van der Waals surface area contributed by atoms with Gasteiger partial charge < -0.3 is 9.73 Å². The van der Waals surface area contributed by atoms with Gasteiger partial charge in [0.1, 0.15) is 6.26 Å². The molecule has 16 heavy (non-hydrogen) atoms. The van der Waals surface area contributed by atoms with Crippen molar-refractivity contribution in [2.75, 3.05) is 6.54 Å². The summed E-state index contributed by atoms with van der Waals surface area (Å²) < 4.78 is 5.33. The average Bonchev–Trinajstić information content (AvgIpc) is 2.69. The highest BCUT2D eigenvalue weighted by Gasteiger charge is 2.25. The zero-order valence-electron chi connectivity index (χ0n) is 9.82. The van der Waals surface area contributed by atoms with E-state index in [2.05, 4.69) is 17.2 Å². The minimum absolute atomic E-state index is 0.612. The van der Waals surface area contributed by atoms with Crippen LogP contribution >= 0.6 is 11.8 Å². The maximum Gasteiger partial charge on any atom is 0.255 e. The Balaban J connectivity index is 1.96. The lowest BCUT2D eigenvalue weighted by molar-refractivity contribution is 0.444. The standard InChI is InChI=1S/C12H20N2OS/c1-2-13-10-6-4-3-5-7-11(10)16-12-14-8-9-15-12/h8-11,13H,2-7H2,1H3. The Morgan fingerprint density at radius 2 is 2.31 bits per heavy atom. The third-order valence-corrected chi connectivity index (χ3v) is 4.35. The molecule has 0 spiro atoms. The van der Waals surface area contributed by atoms with Gasteiger partial charge in [-0.3, -0.25) is 0 Å². The third-order valence-electron chi connectivity index (χ3n) is 3.08. The Morgan fingerprint density at radius 3 is 3.06 bits per heavy atom. The Bertz CT molecular complexity index is 289. The van der Waals surface area contributed by atoms with E-state index in [-0.39, 0.29) is 0 Å². The fourth-order valence-corrected chi connectivity index (χ4v) is 3.48. The molecule has 1 aromatic heterocycles. The summed E-state index contributed by atoms with van der Waals surface area (Å²) in [5.41, 5.74) is 0. The lowest BCUT2D eigenvalue weighted by atomic mass is 10.1. The van der Waals surface area contributed by atoms with Gasteiger partial charge >= 0.3 is 0 Å². The van der Waals surface area contributed by atoms with Crippen LogP contribution in [0, 0.1) is 0 Å². The maximum atomic E-state index is 5.33. The number of nitrogens with zero attached hydrogens (tertiary/aromatic N) is 1. The Hall–Kier alpha value is -0.480. The molecule has 0 saturated heterocycles. The van der Waals surface area contributed by atoms with Crippen LogP contribution in [0.15, 0.2) is 22.1 Å². The summed E-state index contributed by atoms with van der Waals surface area (Å²) >= 11 is 1.79. The highest BCUT2D eigenvalue weighted by Crippen LogP contribution is 2.32. The topological polar surface area (TPSA) is 38.1 Å². The molecule has 0 aliphatic heterocycles. The first kappa shape index (κ1) is 12.0. The molecule has 90 valence electrons. The first-order valence-electron chi connectivity index (χ1n) is 6.19. The van der Waals surface area contributed by atoms with Gasteiger partial charge in [0.05, 0.1) is 6.20 Å². The van der Waals surface area contributed by atoms with Crippen molar-refractivity contribution in [2.24, 2.45) is 0 Å². The molecule has 1 aliphatic carbocycles. The molecule has 0 bridgehead atoms. The van der Waals surface area contributed by atoms with Crippen LogP contribution in [0.3, 0.4) is 0 Å². The number of hydrogen-bond donors (Lipinski definition) is 1. The summed E-state index contributed by atoms with van der Waals surface area (Å²) in [5.74, 6) is 0. The second kappa shape index (κ2) is 6.30. The summed E-state index contributed by atoms with van der Waals surface area (Å²) in [5, 5.41) is 5.02. The molecule has 2 rings (SSSR count). The molecule has 2 atom stereocenters. The highest BCUT2D eigenvalue weighted by atomic mass is 32.2. The van der Waals surface area contributed by atoms with E-state index in [0.717, 1.165) is 11.8 Å². The van der Waals surface area contributed by atoms with Crippen LogP contribution in [-0.2, 0) is 0 Å². The molecule has 1 heterocycles. The Labute approximate surface area is 101 Å². The molecule has 4 heteroatoms. The second-order valence-electron chi connectivity index (χ2n) is 4.26. The van der Waals surface area contributed by atoms with Crippen LogP contribution in [-0.4, -0.2) is 22.8 Å². The lowest BCUT2D eigenvalue weighted by Gasteiger charge is -2.23. The van der Waals surface area contributed by atoms with Gasteiger partial charge in [-0.05, 0) is 19.4 Å². The molecule has 1 fully saturated rings. The Kier molecular flexibility index (Phi) is 4.72. The fraction of sp³-hybridized carbons (Fsp3) is 0.750. The van der Waals surface area contributed by atoms with Gasteiger partial charge in [-0.15, -0.1) is 0 Å². The molecule has 0 amide bonds. The molecule has 2 unspecified atom stereocenters. The van der Waals surface area contributed by atoms with Gasteiger partial charge in [-0.25, -0.2) is 4.98 Å². The molecule has 1 N–H and O–H groups in total. The summed E-state index contributed by atoms with van der Waals surface area (Å²) in [6.45, 7) is 3.23. The smallest absolute Gasteiger partial charge is 0.255 e. The summed E-state index contributed by atoms with van der Waals surface area (Å²) in [6.07, 6.45) is 9.98. The van der Waals surface area contributed by atoms with E-state index in [1.54, 1.807) is 24.2 Å². The van der Waals surface area contributed by atoms with Crippen LogP contribution in [0.4, 0.5) is 0 Å². The first-order valence-corrected chi connectivity index (χ1v) is 7.07. The van der Waals surface area contributed by atoms with E-state index in [1.165, 1.54) is 32.1 Å². The number of oxazole rings is 1. The second-order valence-corrected chi connectivity index (χ2v) is 5.45. The number of thioether (sulfide) groups is 1. The number of rotatable bonds is 4. The summed E-state index contributed by atoms with van der Waals surface area (Å²) in [7, 11) is 0. The van der Waals surface area contributed by atoms with Gasteiger partial charge in [0.25, 0.3) is 5.22 Å². The molecule has 3 nitrogen and oxygen atoms in total. The zero-order valence-corrected chi connectivity index (χ0v) is 10.6. The number of nitrogens with one attached hydrogen (secondary N) is 1. The predicted molar refractivity (Wildman–Crippen MR) is 66.7 cm³/mol. The van der Waals surface area contributed by atoms with Crippen LogP contribution in [0.1, 0.15) is 39.0 Å². The van der Waals surface area contributed by atoms with Crippen molar-refractivity contribution >= 4 is 11.8 Å². The SMILES string of the molecule is CCNC1CCCCCC1Sc1ncco1. The maximum absolute atomic E-state index is 5.33. The number of hydrogen-bond acceptors (Lipinski definition) is 4. The fourth-order valence-electron chi connectivity index (χ4n) is 2.31. The van der Waals surface area contributed by atoms with Crippen LogP contribution in [0.5, 0.6) is 0 Å². The molecule has 0 radical (unpaired) electrons. The quantitative estimate of drug-likeness (QED) is 0.821. The van der Waals surface area contributed by atoms with Gasteiger partial charge in [-0.1, -0.05) is 37.9 Å². The van der Waals surface area contributed by atoms with Crippen molar-refractivity contribution in [2.45, 2.75) is 55.5 Å². The monoisotopic (exact) mass is 240 g/mol. The van der Waals surface area contributed by atoms with Crippen LogP contribution < -0.4 is 5.32 Å². The van der Waals surface area contributed by atoms with Crippen molar-refractivity contribution in [1.82, 2.24) is 10.3 Å². The zero-order chi connectivity index (χ0) is 11.2. The van der Waals surface area contributed by atoms with Crippen molar-refractivity contribution < 1.29 is 4.42 Å². The summed E-state index contributed by atoms with van der Waals surface area (Å²) in [4.78, 5) is 4.20. The van der Waals surface area contributed by atoms with Gasteiger partial charge in [-0.2, -0.15) is 0 Å². The molecular weight excluding hydrogens is 220 g/mol. The van der Waals surface area contributed by atoms with E-state index in [0.29, 0.717) is 11.3 Å². The third kappa shape index (κ3) is 3.25. The van der Waals surface area contributed by atoms with Gasteiger partial charge in [0, 0.05) is 11.3 Å². The van der Waals surface area contributed by atoms with E-state index in [1.807, 2.05) is 0 Å². The Morgan fingerprint density at radius 1 is 1.44 bits per heavy atom. The van der Waals surface area contributed by atoms with Crippen LogP contribution in [0.25, 0.3) is 0 Å². The summed E-state index contributed by atoms with van der Waals surface area (Å²) in [6, 6.07) is 0.615. The van der Waals surface area contributed by atoms with Gasteiger partial charge in [0.2, 0.25) is 0 Å². The normalized spacial score (nSPS) is 26.6. The van der Waals surface area contributed by atoms with Crippen molar-refractivity contribution in [3.63, 3.8) is 0 Å². The van der Waals surface area contributed by atoms with E-state index < -0.39 is 0 Å². The predicted octanol–water partition coefficient (Wildman–Crippen LogP) is 3.08.